The van der Waals surface area contributed by atoms with Gasteiger partial charge in [0.2, 0.25) is 5.95 Å². The van der Waals surface area contributed by atoms with Gasteiger partial charge in [-0.05, 0) is 38.0 Å². The lowest BCUT2D eigenvalue weighted by atomic mass is 9.92. The van der Waals surface area contributed by atoms with E-state index < -0.39 is 0 Å². The van der Waals surface area contributed by atoms with E-state index in [1.807, 2.05) is 48.2 Å². The van der Waals surface area contributed by atoms with Crippen LogP contribution in [0.4, 0.5) is 5.95 Å². The SMILES string of the molecule is Cc1cc(C2CCN(C(=O)c3ccccc3)CC2)nc(N)n1. The molecule has 3 rings (SSSR count). The number of anilines is 1. The Kier molecular flexibility index (Phi) is 4.04. The summed E-state index contributed by atoms with van der Waals surface area (Å²) >= 11 is 0. The van der Waals surface area contributed by atoms with E-state index >= 15 is 0 Å². The monoisotopic (exact) mass is 296 g/mol. The largest absolute Gasteiger partial charge is 0.368 e. The summed E-state index contributed by atoms with van der Waals surface area (Å²) in [5, 5.41) is 0. The van der Waals surface area contributed by atoms with Crippen LogP contribution in [0.1, 0.15) is 40.5 Å². The van der Waals surface area contributed by atoms with Gasteiger partial charge in [0.05, 0.1) is 0 Å². The predicted octanol–water partition coefficient (Wildman–Crippen LogP) is 2.39. The Labute approximate surface area is 130 Å². The summed E-state index contributed by atoms with van der Waals surface area (Å²) in [6, 6.07) is 11.4. The molecule has 0 atom stereocenters. The molecule has 114 valence electrons. The fourth-order valence-corrected chi connectivity index (χ4v) is 2.97. The summed E-state index contributed by atoms with van der Waals surface area (Å²) in [4.78, 5) is 22.8. The highest BCUT2D eigenvalue weighted by atomic mass is 16.2. The van der Waals surface area contributed by atoms with E-state index in [0.29, 0.717) is 11.9 Å². The van der Waals surface area contributed by atoms with Gasteiger partial charge in [-0.2, -0.15) is 0 Å². The molecule has 0 saturated carbocycles. The van der Waals surface area contributed by atoms with Crippen molar-refractivity contribution in [3.05, 3.63) is 53.3 Å². The fourth-order valence-electron chi connectivity index (χ4n) is 2.97. The molecule has 0 aliphatic carbocycles. The highest BCUT2D eigenvalue weighted by Gasteiger charge is 2.25. The molecule has 5 heteroatoms. The molecule has 1 amide bonds. The summed E-state index contributed by atoms with van der Waals surface area (Å²) in [6.45, 7) is 3.43. The zero-order chi connectivity index (χ0) is 15.5. The second kappa shape index (κ2) is 6.13. The van der Waals surface area contributed by atoms with Crippen LogP contribution in [0.5, 0.6) is 0 Å². The molecule has 1 fully saturated rings. The Balaban J connectivity index is 1.66. The minimum absolute atomic E-state index is 0.109. The molecule has 0 unspecified atom stereocenters. The predicted molar refractivity (Wildman–Crippen MR) is 85.5 cm³/mol. The lowest BCUT2D eigenvalue weighted by Gasteiger charge is -2.32. The number of nitrogen functional groups attached to an aromatic ring is 1. The first-order valence-electron chi connectivity index (χ1n) is 7.59. The lowest BCUT2D eigenvalue weighted by molar-refractivity contribution is 0.0712. The maximum Gasteiger partial charge on any atom is 0.253 e. The molecule has 2 heterocycles. The highest BCUT2D eigenvalue weighted by molar-refractivity contribution is 5.94. The van der Waals surface area contributed by atoms with Crippen LogP contribution in [-0.4, -0.2) is 33.9 Å². The molecular formula is C17H20N4O. The van der Waals surface area contributed by atoms with Gasteiger partial charge in [0.1, 0.15) is 0 Å². The fraction of sp³-hybridized carbons (Fsp3) is 0.353. The topological polar surface area (TPSA) is 72.1 Å². The van der Waals surface area contributed by atoms with Gasteiger partial charge in [-0.3, -0.25) is 4.79 Å². The van der Waals surface area contributed by atoms with Crippen molar-refractivity contribution in [2.45, 2.75) is 25.7 Å². The standard InChI is InChI=1S/C17H20N4O/c1-12-11-15(20-17(18)19-12)13-7-9-21(10-8-13)16(22)14-5-3-2-4-6-14/h2-6,11,13H,7-10H2,1H3,(H2,18,19,20). The Bertz CT molecular complexity index is 643. The van der Waals surface area contributed by atoms with Gasteiger partial charge in [0, 0.05) is 36.0 Å². The van der Waals surface area contributed by atoms with Crippen molar-refractivity contribution < 1.29 is 4.79 Å². The number of nitrogens with zero attached hydrogens (tertiary/aromatic N) is 3. The molecule has 1 saturated heterocycles. The number of rotatable bonds is 2. The lowest BCUT2D eigenvalue weighted by Crippen LogP contribution is -2.38. The summed E-state index contributed by atoms with van der Waals surface area (Å²) < 4.78 is 0. The van der Waals surface area contributed by atoms with Crippen molar-refractivity contribution in [1.29, 1.82) is 0 Å². The third-order valence-corrected chi connectivity index (χ3v) is 4.11. The van der Waals surface area contributed by atoms with E-state index in [1.54, 1.807) is 0 Å². The third-order valence-electron chi connectivity index (χ3n) is 4.11. The number of aromatic nitrogens is 2. The number of carbonyl (C=O) groups is 1. The minimum Gasteiger partial charge on any atom is -0.368 e. The smallest absolute Gasteiger partial charge is 0.253 e. The number of amides is 1. The molecule has 5 nitrogen and oxygen atoms in total. The Hall–Kier alpha value is -2.43. The number of likely N-dealkylation sites (tertiary alicyclic amines) is 1. The summed E-state index contributed by atoms with van der Waals surface area (Å²) in [7, 11) is 0. The first kappa shape index (κ1) is 14.5. The molecule has 1 aliphatic heterocycles. The molecule has 2 N–H and O–H groups in total. The highest BCUT2D eigenvalue weighted by Crippen LogP contribution is 2.28. The maximum atomic E-state index is 12.4. The van der Waals surface area contributed by atoms with Gasteiger partial charge in [-0.15, -0.1) is 0 Å². The normalized spacial score (nSPS) is 15.8. The number of piperidine rings is 1. The first-order valence-corrected chi connectivity index (χ1v) is 7.59. The van der Waals surface area contributed by atoms with Gasteiger partial charge in [0.15, 0.2) is 0 Å². The van der Waals surface area contributed by atoms with E-state index in [9.17, 15) is 4.79 Å². The van der Waals surface area contributed by atoms with Crippen LogP contribution in [0, 0.1) is 6.92 Å². The number of hydrogen-bond donors (Lipinski definition) is 1. The second-order valence-corrected chi connectivity index (χ2v) is 5.72. The van der Waals surface area contributed by atoms with Gasteiger partial charge >= 0.3 is 0 Å². The van der Waals surface area contributed by atoms with E-state index in [4.69, 9.17) is 5.73 Å². The van der Waals surface area contributed by atoms with Crippen molar-refractivity contribution >= 4 is 11.9 Å². The Morgan fingerprint density at radius 2 is 1.86 bits per heavy atom. The summed E-state index contributed by atoms with van der Waals surface area (Å²) in [5.41, 5.74) is 8.37. The summed E-state index contributed by atoms with van der Waals surface area (Å²) in [5.74, 6) is 0.791. The van der Waals surface area contributed by atoms with Crippen LogP contribution >= 0.6 is 0 Å². The molecule has 22 heavy (non-hydrogen) atoms. The number of hydrogen-bond acceptors (Lipinski definition) is 4. The number of benzene rings is 1. The molecule has 2 aromatic rings. The van der Waals surface area contributed by atoms with Crippen LogP contribution in [0.3, 0.4) is 0 Å². The van der Waals surface area contributed by atoms with E-state index in [2.05, 4.69) is 9.97 Å². The molecule has 1 aromatic carbocycles. The Morgan fingerprint density at radius 1 is 1.18 bits per heavy atom. The zero-order valence-corrected chi connectivity index (χ0v) is 12.7. The molecule has 1 aromatic heterocycles. The van der Waals surface area contributed by atoms with Gasteiger partial charge < -0.3 is 10.6 Å². The van der Waals surface area contributed by atoms with Gasteiger partial charge in [0.25, 0.3) is 5.91 Å². The van der Waals surface area contributed by atoms with Crippen LogP contribution in [-0.2, 0) is 0 Å². The van der Waals surface area contributed by atoms with Gasteiger partial charge in [-0.25, -0.2) is 9.97 Å². The summed E-state index contributed by atoms with van der Waals surface area (Å²) in [6.07, 6.45) is 1.82. The maximum absolute atomic E-state index is 12.4. The minimum atomic E-state index is 0.109. The quantitative estimate of drug-likeness (QED) is 0.923. The van der Waals surface area contributed by atoms with Crippen molar-refractivity contribution in [1.82, 2.24) is 14.9 Å². The van der Waals surface area contributed by atoms with E-state index in [0.717, 1.165) is 42.9 Å². The number of carbonyl (C=O) groups excluding carboxylic acids is 1. The Morgan fingerprint density at radius 3 is 2.50 bits per heavy atom. The third kappa shape index (κ3) is 3.08. The molecule has 0 radical (unpaired) electrons. The molecule has 1 aliphatic rings. The van der Waals surface area contributed by atoms with Crippen LogP contribution in [0.25, 0.3) is 0 Å². The van der Waals surface area contributed by atoms with Crippen molar-refractivity contribution in [3.8, 4) is 0 Å². The van der Waals surface area contributed by atoms with Crippen molar-refractivity contribution in [2.24, 2.45) is 0 Å². The van der Waals surface area contributed by atoms with Crippen LogP contribution in [0.15, 0.2) is 36.4 Å². The average molecular weight is 296 g/mol. The second-order valence-electron chi connectivity index (χ2n) is 5.72. The molecule has 0 spiro atoms. The molecular weight excluding hydrogens is 276 g/mol. The number of aryl methyl sites for hydroxylation is 1. The van der Waals surface area contributed by atoms with E-state index in [1.165, 1.54) is 0 Å². The van der Waals surface area contributed by atoms with E-state index in [-0.39, 0.29) is 5.91 Å². The zero-order valence-electron chi connectivity index (χ0n) is 12.7. The van der Waals surface area contributed by atoms with Crippen molar-refractivity contribution in [2.75, 3.05) is 18.8 Å². The average Bonchev–Trinajstić information content (AvgIpc) is 2.54. The van der Waals surface area contributed by atoms with Crippen LogP contribution in [0.2, 0.25) is 0 Å². The number of nitrogens with two attached hydrogens (primary N) is 1. The van der Waals surface area contributed by atoms with Crippen molar-refractivity contribution in [3.63, 3.8) is 0 Å². The van der Waals surface area contributed by atoms with Crippen LogP contribution < -0.4 is 5.73 Å². The first-order chi connectivity index (χ1) is 10.6. The molecule has 0 bridgehead atoms. The van der Waals surface area contributed by atoms with Gasteiger partial charge in [-0.1, -0.05) is 18.2 Å².